The lowest BCUT2D eigenvalue weighted by atomic mass is 10.1. The van der Waals surface area contributed by atoms with E-state index < -0.39 is 5.97 Å². The number of unbranched alkanes of at least 4 members (excludes halogenated alkanes) is 1. The zero-order chi connectivity index (χ0) is 12.7. The summed E-state index contributed by atoms with van der Waals surface area (Å²) in [6.07, 6.45) is 4.00. The number of carbonyl (C=O) groups is 2. The molecule has 0 aliphatic carbocycles. The molecule has 2 amide bonds. The number of carboxylic acid groups (broad SMARTS) is 1. The first-order chi connectivity index (χ1) is 8.11. The number of hydrogen-bond acceptors (Lipinski definition) is 3. The molecule has 5 nitrogen and oxygen atoms in total. The van der Waals surface area contributed by atoms with Gasteiger partial charge in [-0.25, -0.2) is 4.79 Å². The Morgan fingerprint density at radius 2 is 2.18 bits per heavy atom. The maximum Gasteiger partial charge on any atom is 0.314 e. The number of aliphatic carboxylic acids is 1. The van der Waals surface area contributed by atoms with Crippen molar-refractivity contribution in [2.24, 2.45) is 0 Å². The Kier molecular flexibility index (Phi) is 6.18. The van der Waals surface area contributed by atoms with Gasteiger partial charge in [-0.15, -0.1) is 0 Å². The van der Waals surface area contributed by atoms with E-state index in [9.17, 15) is 9.59 Å². The molecule has 6 heteroatoms. The third-order valence-corrected chi connectivity index (χ3v) is 4.30. The van der Waals surface area contributed by atoms with E-state index in [-0.39, 0.29) is 18.5 Å². The highest BCUT2D eigenvalue weighted by Crippen LogP contribution is 2.30. The van der Waals surface area contributed by atoms with Crippen LogP contribution in [0.25, 0.3) is 0 Å². The fourth-order valence-corrected chi connectivity index (χ4v) is 3.34. The van der Waals surface area contributed by atoms with Gasteiger partial charge in [0.15, 0.2) is 0 Å². The molecule has 2 atom stereocenters. The number of amides is 2. The van der Waals surface area contributed by atoms with Crippen molar-refractivity contribution in [3.05, 3.63) is 0 Å². The molecule has 3 N–H and O–H groups in total. The smallest absolute Gasteiger partial charge is 0.314 e. The highest BCUT2D eigenvalue weighted by atomic mass is 32.2. The molecule has 0 spiro atoms. The Labute approximate surface area is 106 Å². The standard InChI is InChI=1S/C11H20N2O3S/c1-12-11(16)13-8-6-9(17-7-8)4-2-3-5-10(14)15/h8-9H,2-7H2,1H3,(H,14,15)(H2,12,13,16)/t8-,9+/m1/s1. The number of hydrogen-bond donors (Lipinski definition) is 3. The van der Waals surface area contributed by atoms with E-state index in [2.05, 4.69) is 10.6 Å². The second-order valence-electron chi connectivity index (χ2n) is 4.25. The molecule has 1 aliphatic heterocycles. The third kappa shape index (κ3) is 5.81. The number of urea groups is 1. The van der Waals surface area contributed by atoms with E-state index in [1.165, 1.54) is 0 Å². The molecule has 0 aromatic heterocycles. The molecule has 98 valence electrons. The quantitative estimate of drug-likeness (QED) is 0.631. The van der Waals surface area contributed by atoms with Gasteiger partial charge in [0.05, 0.1) is 0 Å². The van der Waals surface area contributed by atoms with Crippen molar-refractivity contribution in [3.8, 4) is 0 Å². The summed E-state index contributed by atoms with van der Waals surface area (Å²) >= 11 is 1.87. The molecule has 0 aromatic rings. The van der Waals surface area contributed by atoms with Gasteiger partial charge < -0.3 is 15.7 Å². The minimum absolute atomic E-state index is 0.123. The van der Waals surface area contributed by atoms with Crippen LogP contribution < -0.4 is 10.6 Å². The van der Waals surface area contributed by atoms with E-state index in [4.69, 9.17) is 5.11 Å². The summed E-state index contributed by atoms with van der Waals surface area (Å²) in [5.41, 5.74) is 0. The van der Waals surface area contributed by atoms with Crippen molar-refractivity contribution in [1.82, 2.24) is 10.6 Å². The summed E-state index contributed by atoms with van der Waals surface area (Å²) in [5.74, 6) is 0.236. The Morgan fingerprint density at radius 1 is 1.41 bits per heavy atom. The summed E-state index contributed by atoms with van der Waals surface area (Å²) in [6, 6.07) is 0.131. The van der Waals surface area contributed by atoms with Gasteiger partial charge in [0.1, 0.15) is 0 Å². The van der Waals surface area contributed by atoms with Crippen molar-refractivity contribution in [2.45, 2.75) is 43.4 Å². The highest BCUT2D eigenvalue weighted by Gasteiger charge is 2.25. The van der Waals surface area contributed by atoms with Crippen molar-refractivity contribution >= 4 is 23.8 Å². The lowest BCUT2D eigenvalue weighted by Crippen LogP contribution is -2.40. The zero-order valence-corrected chi connectivity index (χ0v) is 10.9. The van der Waals surface area contributed by atoms with Crippen LogP contribution >= 0.6 is 11.8 Å². The van der Waals surface area contributed by atoms with Crippen LogP contribution in [0, 0.1) is 0 Å². The SMILES string of the molecule is CNC(=O)N[C@H]1CS[C@@H](CCCCC(=O)O)C1. The maximum atomic E-state index is 11.1. The molecule has 1 fully saturated rings. The van der Waals surface area contributed by atoms with Crippen LogP contribution in [0.5, 0.6) is 0 Å². The van der Waals surface area contributed by atoms with Crippen LogP contribution in [0.4, 0.5) is 4.79 Å². The van der Waals surface area contributed by atoms with Crippen molar-refractivity contribution in [2.75, 3.05) is 12.8 Å². The summed E-state index contributed by atoms with van der Waals surface area (Å²) in [5, 5.41) is 14.5. The predicted molar refractivity (Wildman–Crippen MR) is 68.3 cm³/mol. The Balaban J connectivity index is 2.09. The van der Waals surface area contributed by atoms with Gasteiger partial charge in [0.2, 0.25) is 0 Å². The fraction of sp³-hybridized carbons (Fsp3) is 0.818. The van der Waals surface area contributed by atoms with Crippen LogP contribution in [-0.4, -0.2) is 41.2 Å². The average Bonchev–Trinajstić information content (AvgIpc) is 2.72. The molecule has 0 aromatic carbocycles. The molecule has 1 rings (SSSR count). The van der Waals surface area contributed by atoms with E-state index in [0.717, 1.165) is 31.4 Å². The minimum atomic E-state index is -0.719. The molecule has 1 heterocycles. The largest absolute Gasteiger partial charge is 0.481 e. The first kappa shape index (κ1) is 14.2. The Hall–Kier alpha value is -0.910. The van der Waals surface area contributed by atoms with E-state index >= 15 is 0 Å². The van der Waals surface area contributed by atoms with E-state index in [1.54, 1.807) is 7.05 Å². The first-order valence-corrected chi connectivity index (χ1v) is 6.98. The van der Waals surface area contributed by atoms with Crippen molar-refractivity contribution in [3.63, 3.8) is 0 Å². The van der Waals surface area contributed by atoms with Crippen LogP contribution in [0.1, 0.15) is 32.1 Å². The second-order valence-corrected chi connectivity index (χ2v) is 5.58. The molecule has 1 saturated heterocycles. The number of rotatable bonds is 6. The molecular weight excluding hydrogens is 240 g/mol. The third-order valence-electron chi connectivity index (χ3n) is 2.81. The molecular formula is C11H20N2O3S. The fourth-order valence-electron chi connectivity index (χ4n) is 1.91. The zero-order valence-electron chi connectivity index (χ0n) is 10.1. The molecule has 0 saturated carbocycles. The molecule has 1 aliphatic rings. The van der Waals surface area contributed by atoms with Gasteiger partial charge in [-0.1, -0.05) is 6.42 Å². The van der Waals surface area contributed by atoms with Gasteiger partial charge >= 0.3 is 12.0 Å². The van der Waals surface area contributed by atoms with E-state index in [0.29, 0.717) is 5.25 Å². The van der Waals surface area contributed by atoms with Crippen LogP contribution in [0.3, 0.4) is 0 Å². The topological polar surface area (TPSA) is 78.4 Å². The predicted octanol–water partition coefficient (Wildman–Crippen LogP) is 1.43. The number of carbonyl (C=O) groups excluding carboxylic acids is 1. The summed E-state index contributed by atoms with van der Waals surface area (Å²) in [6.45, 7) is 0. The van der Waals surface area contributed by atoms with Gasteiger partial charge in [-0.3, -0.25) is 4.79 Å². The Bertz CT molecular complexity index is 273. The van der Waals surface area contributed by atoms with Crippen LogP contribution in [-0.2, 0) is 4.79 Å². The highest BCUT2D eigenvalue weighted by molar-refractivity contribution is 8.00. The first-order valence-electron chi connectivity index (χ1n) is 5.93. The van der Waals surface area contributed by atoms with E-state index in [1.807, 2.05) is 11.8 Å². The number of thioether (sulfide) groups is 1. The Morgan fingerprint density at radius 3 is 2.82 bits per heavy atom. The summed E-state index contributed by atoms with van der Waals surface area (Å²) in [4.78, 5) is 21.5. The maximum absolute atomic E-state index is 11.1. The summed E-state index contributed by atoms with van der Waals surface area (Å²) < 4.78 is 0. The summed E-state index contributed by atoms with van der Waals surface area (Å²) in [7, 11) is 1.61. The number of carboxylic acids is 1. The molecule has 0 bridgehead atoms. The number of nitrogens with one attached hydrogen (secondary N) is 2. The lowest BCUT2D eigenvalue weighted by Gasteiger charge is -2.11. The minimum Gasteiger partial charge on any atom is -0.481 e. The molecule has 0 unspecified atom stereocenters. The van der Waals surface area contributed by atoms with Crippen LogP contribution in [0.2, 0.25) is 0 Å². The second kappa shape index (κ2) is 7.42. The van der Waals surface area contributed by atoms with Gasteiger partial charge in [0.25, 0.3) is 0 Å². The van der Waals surface area contributed by atoms with Gasteiger partial charge in [-0.05, 0) is 19.3 Å². The van der Waals surface area contributed by atoms with Crippen molar-refractivity contribution < 1.29 is 14.7 Å². The van der Waals surface area contributed by atoms with Crippen molar-refractivity contribution in [1.29, 1.82) is 0 Å². The van der Waals surface area contributed by atoms with Crippen LogP contribution in [0.15, 0.2) is 0 Å². The molecule has 17 heavy (non-hydrogen) atoms. The van der Waals surface area contributed by atoms with Gasteiger partial charge in [0, 0.05) is 30.5 Å². The average molecular weight is 260 g/mol. The monoisotopic (exact) mass is 260 g/mol. The normalized spacial score (nSPS) is 23.4. The molecule has 0 radical (unpaired) electrons. The van der Waals surface area contributed by atoms with Gasteiger partial charge in [-0.2, -0.15) is 11.8 Å². The lowest BCUT2D eigenvalue weighted by molar-refractivity contribution is -0.137.